The molecule has 1 saturated heterocycles. The third kappa shape index (κ3) is 4.61. The molecule has 1 aliphatic heterocycles. The number of hydrogen-bond donors (Lipinski definition) is 2. The second-order valence-corrected chi connectivity index (χ2v) is 4.67. The SMILES string of the molecule is CCC(C)NC(=O)CNCC1(OC)CCOC1. The molecule has 0 aliphatic carbocycles. The summed E-state index contributed by atoms with van der Waals surface area (Å²) >= 11 is 0. The van der Waals surface area contributed by atoms with Crippen LogP contribution in [0, 0.1) is 0 Å². The van der Waals surface area contributed by atoms with Crippen LogP contribution in [0.5, 0.6) is 0 Å². The van der Waals surface area contributed by atoms with Crippen molar-refractivity contribution in [2.45, 2.75) is 38.3 Å². The van der Waals surface area contributed by atoms with E-state index in [2.05, 4.69) is 10.6 Å². The Hall–Kier alpha value is -0.650. The van der Waals surface area contributed by atoms with Gasteiger partial charge in [-0.05, 0) is 13.3 Å². The molecule has 2 atom stereocenters. The Kier molecular flexibility index (Phi) is 5.88. The second kappa shape index (κ2) is 6.93. The third-order valence-electron chi connectivity index (χ3n) is 3.25. The fourth-order valence-electron chi connectivity index (χ4n) is 1.79. The lowest BCUT2D eigenvalue weighted by molar-refractivity contribution is -0.121. The zero-order valence-electron chi connectivity index (χ0n) is 11.0. The van der Waals surface area contributed by atoms with Crippen molar-refractivity contribution in [1.82, 2.24) is 10.6 Å². The van der Waals surface area contributed by atoms with Crippen molar-refractivity contribution in [3.63, 3.8) is 0 Å². The third-order valence-corrected chi connectivity index (χ3v) is 3.25. The molecule has 100 valence electrons. The average Bonchev–Trinajstić information content (AvgIpc) is 2.78. The Bertz CT molecular complexity index is 240. The van der Waals surface area contributed by atoms with Gasteiger partial charge in [0.15, 0.2) is 0 Å². The lowest BCUT2D eigenvalue weighted by Gasteiger charge is -2.26. The van der Waals surface area contributed by atoms with Crippen LogP contribution in [0.4, 0.5) is 0 Å². The highest BCUT2D eigenvalue weighted by molar-refractivity contribution is 5.78. The molecule has 1 rings (SSSR count). The van der Waals surface area contributed by atoms with Crippen LogP contribution in [0.2, 0.25) is 0 Å². The van der Waals surface area contributed by atoms with Gasteiger partial charge >= 0.3 is 0 Å². The van der Waals surface area contributed by atoms with Crippen LogP contribution in [0.25, 0.3) is 0 Å². The minimum absolute atomic E-state index is 0.0320. The normalized spacial score (nSPS) is 25.8. The number of methoxy groups -OCH3 is 1. The largest absolute Gasteiger partial charge is 0.378 e. The summed E-state index contributed by atoms with van der Waals surface area (Å²) in [6.45, 7) is 6.36. The minimum atomic E-state index is -0.253. The molecular formula is C12H24N2O3. The monoisotopic (exact) mass is 244 g/mol. The molecule has 5 nitrogen and oxygen atoms in total. The predicted octanol–water partition coefficient (Wildman–Crippen LogP) is 0.296. The number of ether oxygens (including phenoxy) is 2. The molecule has 0 aromatic heterocycles. The Morgan fingerprint density at radius 3 is 2.88 bits per heavy atom. The molecule has 2 N–H and O–H groups in total. The topological polar surface area (TPSA) is 59.6 Å². The number of rotatable bonds is 7. The van der Waals surface area contributed by atoms with Crippen LogP contribution in [0.1, 0.15) is 26.7 Å². The van der Waals surface area contributed by atoms with E-state index >= 15 is 0 Å². The van der Waals surface area contributed by atoms with Gasteiger partial charge in [-0.15, -0.1) is 0 Å². The number of nitrogens with one attached hydrogen (secondary N) is 2. The summed E-state index contributed by atoms with van der Waals surface area (Å²) in [5, 5.41) is 6.04. The van der Waals surface area contributed by atoms with E-state index in [1.807, 2.05) is 13.8 Å². The molecule has 1 heterocycles. The molecule has 2 unspecified atom stereocenters. The van der Waals surface area contributed by atoms with E-state index in [0.717, 1.165) is 19.4 Å². The molecule has 0 bridgehead atoms. The first-order chi connectivity index (χ1) is 8.12. The van der Waals surface area contributed by atoms with Gasteiger partial charge in [0, 0.05) is 32.7 Å². The van der Waals surface area contributed by atoms with Crippen molar-refractivity contribution in [2.75, 3.05) is 33.4 Å². The van der Waals surface area contributed by atoms with E-state index in [1.165, 1.54) is 0 Å². The van der Waals surface area contributed by atoms with E-state index in [9.17, 15) is 4.79 Å². The summed E-state index contributed by atoms with van der Waals surface area (Å²) in [7, 11) is 1.69. The lowest BCUT2D eigenvalue weighted by atomic mass is 10.0. The van der Waals surface area contributed by atoms with Crippen LogP contribution in [-0.4, -0.2) is 51.0 Å². The summed E-state index contributed by atoms with van der Waals surface area (Å²) < 4.78 is 10.8. The Balaban J connectivity index is 2.20. The minimum Gasteiger partial charge on any atom is -0.378 e. The lowest BCUT2D eigenvalue weighted by Crippen LogP contribution is -2.46. The smallest absolute Gasteiger partial charge is 0.234 e. The first-order valence-electron chi connectivity index (χ1n) is 6.25. The van der Waals surface area contributed by atoms with Gasteiger partial charge in [-0.2, -0.15) is 0 Å². The Labute approximate surface area is 103 Å². The summed E-state index contributed by atoms with van der Waals surface area (Å²) in [5.74, 6) is 0.0320. The van der Waals surface area contributed by atoms with Gasteiger partial charge in [0.2, 0.25) is 5.91 Å². The first kappa shape index (κ1) is 14.4. The van der Waals surface area contributed by atoms with Crippen LogP contribution < -0.4 is 10.6 Å². The Morgan fingerprint density at radius 1 is 1.59 bits per heavy atom. The average molecular weight is 244 g/mol. The fourth-order valence-corrected chi connectivity index (χ4v) is 1.79. The van der Waals surface area contributed by atoms with E-state index in [0.29, 0.717) is 19.7 Å². The van der Waals surface area contributed by atoms with Gasteiger partial charge in [0.05, 0.1) is 13.2 Å². The number of amides is 1. The van der Waals surface area contributed by atoms with E-state index in [1.54, 1.807) is 7.11 Å². The summed E-state index contributed by atoms with van der Waals surface area (Å²) in [5.41, 5.74) is -0.253. The van der Waals surface area contributed by atoms with Crippen molar-refractivity contribution in [1.29, 1.82) is 0 Å². The zero-order valence-corrected chi connectivity index (χ0v) is 11.0. The fraction of sp³-hybridized carbons (Fsp3) is 0.917. The molecule has 17 heavy (non-hydrogen) atoms. The molecular weight excluding hydrogens is 220 g/mol. The quantitative estimate of drug-likeness (QED) is 0.676. The molecule has 5 heteroatoms. The van der Waals surface area contributed by atoms with Gasteiger partial charge in [-0.3, -0.25) is 4.79 Å². The first-order valence-corrected chi connectivity index (χ1v) is 6.25. The van der Waals surface area contributed by atoms with Crippen LogP contribution >= 0.6 is 0 Å². The molecule has 0 saturated carbocycles. The van der Waals surface area contributed by atoms with Crippen LogP contribution in [-0.2, 0) is 14.3 Å². The molecule has 0 aromatic carbocycles. The van der Waals surface area contributed by atoms with Gasteiger partial charge in [0.1, 0.15) is 5.60 Å². The van der Waals surface area contributed by atoms with Crippen LogP contribution in [0.15, 0.2) is 0 Å². The van der Waals surface area contributed by atoms with Crippen molar-refractivity contribution in [2.24, 2.45) is 0 Å². The molecule has 1 amide bonds. The second-order valence-electron chi connectivity index (χ2n) is 4.67. The van der Waals surface area contributed by atoms with Crippen molar-refractivity contribution in [3.8, 4) is 0 Å². The van der Waals surface area contributed by atoms with Crippen molar-refractivity contribution in [3.05, 3.63) is 0 Å². The van der Waals surface area contributed by atoms with Crippen LogP contribution in [0.3, 0.4) is 0 Å². The maximum atomic E-state index is 11.5. The Morgan fingerprint density at radius 2 is 2.35 bits per heavy atom. The van der Waals surface area contributed by atoms with Gasteiger partial charge in [-0.1, -0.05) is 6.92 Å². The zero-order chi connectivity index (χ0) is 12.7. The summed E-state index contributed by atoms with van der Waals surface area (Å²) in [4.78, 5) is 11.5. The van der Waals surface area contributed by atoms with Gasteiger partial charge < -0.3 is 20.1 Å². The molecule has 0 radical (unpaired) electrons. The van der Waals surface area contributed by atoms with Gasteiger partial charge in [-0.25, -0.2) is 0 Å². The van der Waals surface area contributed by atoms with E-state index in [4.69, 9.17) is 9.47 Å². The van der Waals surface area contributed by atoms with E-state index < -0.39 is 0 Å². The molecule has 1 aliphatic rings. The molecule has 1 fully saturated rings. The summed E-state index contributed by atoms with van der Waals surface area (Å²) in [6, 6.07) is 0.232. The van der Waals surface area contributed by atoms with Gasteiger partial charge in [0.25, 0.3) is 0 Å². The number of carbonyl (C=O) groups is 1. The number of carbonyl (C=O) groups excluding carboxylic acids is 1. The maximum Gasteiger partial charge on any atom is 0.234 e. The van der Waals surface area contributed by atoms with Crippen molar-refractivity contribution >= 4 is 5.91 Å². The highest BCUT2D eigenvalue weighted by Gasteiger charge is 2.34. The van der Waals surface area contributed by atoms with E-state index in [-0.39, 0.29) is 17.6 Å². The number of hydrogen-bond acceptors (Lipinski definition) is 4. The summed E-state index contributed by atoms with van der Waals surface area (Å²) in [6.07, 6.45) is 1.82. The highest BCUT2D eigenvalue weighted by atomic mass is 16.5. The predicted molar refractivity (Wildman–Crippen MR) is 65.9 cm³/mol. The highest BCUT2D eigenvalue weighted by Crippen LogP contribution is 2.21. The van der Waals surface area contributed by atoms with Crippen molar-refractivity contribution < 1.29 is 14.3 Å². The molecule has 0 spiro atoms. The molecule has 0 aromatic rings. The maximum absolute atomic E-state index is 11.5. The standard InChI is InChI=1S/C12H24N2O3/c1-4-10(2)14-11(15)7-13-8-12(16-3)5-6-17-9-12/h10,13H,4-9H2,1-3H3,(H,14,15).